The van der Waals surface area contributed by atoms with Crippen LogP contribution in [0, 0.1) is 6.92 Å². The molecule has 0 aliphatic heterocycles. The van der Waals surface area contributed by atoms with Gasteiger partial charge in [-0.1, -0.05) is 30.7 Å². The Bertz CT molecular complexity index is 601. The van der Waals surface area contributed by atoms with E-state index in [0.717, 1.165) is 29.9 Å². The number of ether oxygens (including phenoxy) is 1. The van der Waals surface area contributed by atoms with Gasteiger partial charge in [0, 0.05) is 5.69 Å². The highest BCUT2D eigenvalue weighted by Gasteiger charge is 2.16. The molecule has 0 fully saturated rings. The van der Waals surface area contributed by atoms with Crippen molar-refractivity contribution < 1.29 is 4.74 Å². The van der Waals surface area contributed by atoms with Crippen LogP contribution in [0.25, 0.3) is 0 Å². The first-order valence-corrected chi connectivity index (χ1v) is 7.54. The van der Waals surface area contributed by atoms with Crippen molar-refractivity contribution >= 4 is 11.6 Å². The zero-order valence-electron chi connectivity index (χ0n) is 12.7. The van der Waals surface area contributed by atoms with E-state index in [1.807, 2.05) is 43.3 Å². The van der Waals surface area contributed by atoms with E-state index in [-0.39, 0.29) is 6.04 Å². The van der Waals surface area contributed by atoms with Crippen LogP contribution >= 0.6 is 11.6 Å². The number of hydrogen-bond acceptors (Lipinski definition) is 3. The van der Waals surface area contributed by atoms with Crippen LogP contribution in [0.3, 0.4) is 0 Å². The molecule has 0 aliphatic carbocycles. The van der Waals surface area contributed by atoms with Gasteiger partial charge in [0.05, 0.1) is 23.9 Å². The fourth-order valence-corrected chi connectivity index (χ4v) is 2.46. The summed E-state index contributed by atoms with van der Waals surface area (Å²) in [4.78, 5) is 4.64. The first-order valence-electron chi connectivity index (χ1n) is 7.16. The lowest BCUT2D eigenvalue weighted by Crippen LogP contribution is -2.24. The van der Waals surface area contributed by atoms with Gasteiger partial charge in [-0.2, -0.15) is 0 Å². The fourth-order valence-electron chi connectivity index (χ4n) is 2.26. The Morgan fingerprint density at radius 3 is 2.76 bits per heavy atom. The van der Waals surface area contributed by atoms with Crippen molar-refractivity contribution in [3.05, 3.63) is 58.4 Å². The summed E-state index contributed by atoms with van der Waals surface area (Å²) in [5.41, 5.74) is 3.12. The maximum atomic E-state index is 6.12. The second-order valence-corrected chi connectivity index (χ2v) is 5.39. The summed E-state index contributed by atoms with van der Waals surface area (Å²) in [6.45, 7) is 5.07. The number of aromatic nitrogens is 1. The lowest BCUT2D eigenvalue weighted by atomic mass is 10.0. The topological polar surface area (TPSA) is 34.1 Å². The Balaban J connectivity index is 2.40. The average molecular weight is 305 g/mol. The molecule has 1 heterocycles. The summed E-state index contributed by atoms with van der Waals surface area (Å²) in [7, 11) is 1.63. The van der Waals surface area contributed by atoms with Gasteiger partial charge in [-0.25, -0.2) is 0 Å². The predicted octanol–water partition coefficient (Wildman–Crippen LogP) is 4.14. The summed E-state index contributed by atoms with van der Waals surface area (Å²) >= 11 is 6.12. The van der Waals surface area contributed by atoms with Gasteiger partial charge in [0.15, 0.2) is 0 Å². The minimum atomic E-state index is 0.0380. The molecule has 0 bridgehead atoms. The number of aryl methyl sites for hydroxylation is 1. The zero-order chi connectivity index (χ0) is 15.2. The van der Waals surface area contributed by atoms with Crippen molar-refractivity contribution in [2.75, 3.05) is 13.7 Å². The van der Waals surface area contributed by atoms with E-state index in [0.29, 0.717) is 10.8 Å². The SMILES string of the molecule is CCCNC(c1ccc(Cl)c(OC)c1)c1cccc(C)n1. The molecule has 1 atom stereocenters. The molecule has 1 aromatic carbocycles. The highest BCUT2D eigenvalue weighted by Crippen LogP contribution is 2.30. The van der Waals surface area contributed by atoms with Gasteiger partial charge >= 0.3 is 0 Å². The molecule has 4 heteroatoms. The Morgan fingerprint density at radius 1 is 1.29 bits per heavy atom. The third-order valence-corrected chi connectivity index (χ3v) is 3.62. The fraction of sp³-hybridized carbons (Fsp3) is 0.353. The van der Waals surface area contributed by atoms with E-state index >= 15 is 0 Å². The molecular formula is C17H21ClN2O. The van der Waals surface area contributed by atoms with Crippen LogP contribution < -0.4 is 10.1 Å². The molecule has 1 unspecified atom stereocenters. The maximum Gasteiger partial charge on any atom is 0.137 e. The first kappa shape index (κ1) is 15.8. The number of methoxy groups -OCH3 is 1. The van der Waals surface area contributed by atoms with Crippen molar-refractivity contribution in [1.29, 1.82) is 0 Å². The van der Waals surface area contributed by atoms with Crippen molar-refractivity contribution in [2.24, 2.45) is 0 Å². The van der Waals surface area contributed by atoms with Gasteiger partial charge in [-0.3, -0.25) is 4.98 Å². The number of rotatable bonds is 6. The second-order valence-electron chi connectivity index (χ2n) is 4.98. The molecule has 2 aromatic rings. The molecular weight excluding hydrogens is 284 g/mol. The van der Waals surface area contributed by atoms with Gasteiger partial charge < -0.3 is 10.1 Å². The number of hydrogen-bond donors (Lipinski definition) is 1. The molecule has 0 aliphatic rings. The summed E-state index contributed by atoms with van der Waals surface area (Å²) in [6.07, 6.45) is 1.06. The molecule has 21 heavy (non-hydrogen) atoms. The van der Waals surface area contributed by atoms with E-state index in [9.17, 15) is 0 Å². The molecule has 1 aromatic heterocycles. The van der Waals surface area contributed by atoms with Crippen LogP contribution in [-0.2, 0) is 0 Å². The minimum absolute atomic E-state index is 0.0380. The van der Waals surface area contributed by atoms with E-state index in [2.05, 4.69) is 17.2 Å². The molecule has 0 radical (unpaired) electrons. The average Bonchev–Trinajstić information content (AvgIpc) is 2.49. The molecule has 2 rings (SSSR count). The smallest absolute Gasteiger partial charge is 0.137 e. The molecule has 3 nitrogen and oxygen atoms in total. The maximum absolute atomic E-state index is 6.12. The predicted molar refractivity (Wildman–Crippen MR) is 87.1 cm³/mol. The lowest BCUT2D eigenvalue weighted by Gasteiger charge is -2.20. The normalized spacial score (nSPS) is 12.2. The van der Waals surface area contributed by atoms with E-state index in [1.54, 1.807) is 7.11 Å². The quantitative estimate of drug-likeness (QED) is 0.871. The Morgan fingerprint density at radius 2 is 2.10 bits per heavy atom. The summed E-state index contributed by atoms with van der Waals surface area (Å²) in [5.74, 6) is 0.685. The van der Waals surface area contributed by atoms with E-state index in [1.165, 1.54) is 0 Å². The molecule has 112 valence electrons. The monoisotopic (exact) mass is 304 g/mol. The Hall–Kier alpha value is -1.58. The highest BCUT2D eigenvalue weighted by molar-refractivity contribution is 6.32. The standard InChI is InChI=1S/C17H21ClN2O/c1-4-10-19-17(15-7-5-6-12(2)20-15)13-8-9-14(18)16(11-13)21-3/h5-9,11,17,19H,4,10H2,1-3H3. The largest absolute Gasteiger partial charge is 0.495 e. The van der Waals surface area contributed by atoms with Gasteiger partial charge in [0.2, 0.25) is 0 Å². The van der Waals surface area contributed by atoms with E-state index in [4.69, 9.17) is 16.3 Å². The molecule has 1 N–H and O–H groups in total. The molecule has 0 saturated heterocycles. The third kappa shape index (κ3) is 3.96. The van der Waals surface area contributed by atoms with Crippen molar-refractivity contribution in [1.82, 2.24) is 10.3 Å². The van der Waals surface area contributed by atoms with Crippen LogP contribution in [0.1, 0.15) is 36.3 Å². The first-order chi connectivity index (χ1) is 10.2. The number of nitrogens with zero attached hydrogens (tertiary/aromatic N) is 1. The van der Waals surface area contributed by atoms with Gasteiger partial charge in [-0.15, -0.1) is 0 Å². The molecule has 0 saturated carbocycles. The van der Waals surface area contributed by atoms with Crippen LogP contribution in [0.5, 0.6) is 5.75 Å². The second kappa shape index (κ2) is 7.43. The molecule has 0 spiro atoms. The highest BCUT2D eigenvalue weighted by atomic mass is 35.5. The lowest BCUT2D eigenvalue weighted by molar-refractivity contribution is 0.413. The van der Waals surface area contributed by atoms with Crippen LogP contribution in [0.2, 0.25) is 5.02 Å². The van der Waals surface area contributed by atoms with Crippen LogP contribution in [0.4, 0.5) is 0 Å². The summed E-state index contributed by atoms with van der Waals surface area (Å²) < 4.78 is 5.32. The summed E-state index contributed by atoms with van der Waals surface area (Å²) in [6, 6.07) is 12.0. The van der Waals surface area contributed by atoms with E-state index < -0.39 is 0 Å². The number of nitrogens with one attached hydrogen (secondary N) is 1. The van der Waals surface area contributed by atoms with Crippen LogP contribution in [0.15, 0.2) is 36.4 Å². The van der Waals surface area contributed by atoms with Crippen molar-refractivity contribution in [3.8, 4) is 5.75 Å². The number of benzene rings is 1. The zero-order valence-corrected chi connectivity index (χ0v) is 13.4. The van der Waals surface area contributed by atoms with Gasteiger partial charge in [0.1, 0.15) is 5.75 Å². The van der Waals surface area contributed by atoms with Crippen LogP contribution in [-0.4, -0.2) is 18.6 Å². The van der Waals surface area contributed by atoms with Crippen molar-refractivity contribution in [2.45, 2.75) is 26.3 Å². The molecule has 0 amide bonds. The third-order valence-electron chi connectivity index (χ3n) is 3.31. The minimum Gasteiger partial charge on any atom is -0.495 e. The van der Waals surface area contributed by atoms with Gasteiger partial charge in [-0.05, 0) is 49.7 Å². The Labute approximate surface area is 131 Å². The Kier molecular flexibility index (Phi) is 5.59. The summed E-state index contributed by atoms with van der Waals surface area (Å²) in [5, 5.41) is 4.16. The number of pyridine rings is 1. The number of halogens is 1. The van der Waals surface area contributed by atoms with Gasteiger partial charge in [0.25, 0.3) is 0 Å². The van der Waals surface area contributed by atoms with Crippen molar-refractivity contribution in [3.63, 3.8) is 0 Å².